The number of nitrogens with one attached hydrogen (secondary N) is 1. The smallest absolute Gasteiger partial charge is 0.173 e. The fourth-order valence-corrected chi connectivity index (χ4v) is 3.62. The minimum Gasteiger partial charge on any atom is -0.494 e. The summed E-state index contributed by atoms with van der Waals surface area (Å²) in [5, 5.41) is 3.90. The van der Waals surface area contributed by atoms with E-state index >= 15 is 0 Å². The lowest BCUT2D eigenvalue weighted by atomic mass is 10.1. The second-order valence-electron chi connectivity index (χ2n) is 8.09. The highest BCUT2D eigenvalue weighted by Crippen LogP contribution is 2.20. The molecule has 0 saturated heterocycles. The first kappa shape index (κ1) is 25.8. The standard InChI is InChI=1S/C26H36FN3OS/c1-5-18-29(3)19-8-6-7-9-20-31-25-16-14-24(15-17-25)30(4)26(32)28-21(2)22-10-12-23(27)13-11-22/h5,10-17,21H,1,6-9,18-20H2,2-4H3,(H,28,32). The predicted molar refractivity (Wildman–Crippen MR) is 137 cm³/mol. The van der Waals surface area contributed by atoms with Gasteiger partial charge in [0.05, 0.1) is 12.6 Å². The van der Waals surface area contributed by atoms with Crippen LogP contribution in [0.2, 0.25) is 0 Å². The third kappa shape index (κ3) is 8.97. The minimum absolute atomic E-state index is 0.0180. The molecular formula is C26H36FN3OS. The van der Waals surface area contributed by atoms with Crippen LogP contribution >= 0.6 is 12.2 Å². The zero-order chi connectivity index (χ0) is 23.3. The van der Waals surface area contributed by atoms with Crippen LogP contribution in [0.5, 0.6) is 5.75 Å². The number of unbranched alkanes of at least 4 members (excludes halogenated alkanes) is 3. The summed E-state index contributed by atoms with van der Waals surface area (Å²) in [7, 11) is 4.05. The number of halogens is 1. The predicted octanol–water partition coefficient (Wildman–Crippen LogP) is 5.95. The molecule has 2 aromatic carbocycles. The molecule has 0 aliphatic rings. The minimum atomic E-state index is -0.241. The van der Waals surface area contributed by atoms with Crippen LogP contribution in [-0.2, 0) is 0 Å². The fourth-order valence-electron chi connectivity index (χ4n) is 3.34. The van der Waals surface area contributed by atoms with Crippen molar-refractivity contribution < 1.29 is 9.13 Å². The Labute approximate surface area is 198 Å². The molecular weight excluding hydrogens is 421 g/mol. The van der Waals surface area contributed by atoms with Crippen LogP contribution in [0.3, 0.4) is 0 Å². The van der Waals surface area contributed by atoms with Crippen molar-refractivity contribution in [3.8, 4) is 5.75 Å². The van der Waals surface area contributed by atoms with Gasteiger partial charge in [0.1, 0.15) is 11.6 Å². The maximum absolute atomic E-state index is 13.1. The topological polar surface area (TPSA) is 27.7 Å². The Hall–Kier alpha value is -2.44. The van der Waals surface area contributed by atoms with Crippen LogP contribution in [0.25, 0.3) is 0 Å². The van der Waals surface area contributed by atoms with Crippen LogP contribution in [0.15, 0.2) is 61.2 Å². The zero-order valence-corrected chi connectivity index (χ0v) is 20.3. The molecule has 0 radical (unpaired) electrons. The number of anilines is 1. The second kappa shape index (κ2) is 13.9. The lowest BCUT2D eigenvalue weighted by molar-refractivity contribution is 0.300. The molecule has 2 aromatic rings. The number of rotatable bonds is 13. The van der Waals surface area contributed by atoms with Gasteiger partial charge < -0.3 is 19.9 Å². The van der Waals surface area contributed by atoms with Crippen molar-refractivity contribution in [1.82, 2.24) is 10.2 Å². The van der Waals surface area contributed by atoms with E-state index < -0.39 is 0 Å². The molecule has 0 spiro atoms. The highest BCUT2D eigenvalue weighted by Gasteiger charge is 2.12. The van der Waals surface area contributed by atoms with Crippen molar-refractivity contribution in [3.05, 3.63) is 72.6 Å². The fraction of sp³-hybridized carbons (Fsp3) is 0.423. The Kier molecular flexibility index (Phi) is 11.2. The molecule has 2 rings (SSSR count). The average Bonchev–Trinajstić information content (AvgIpc) is 2.79. The van der Waals surface area contributed by atoms with Gasteiger partial charge in [-0.25, -0.2) is 4.39 Å². The number of nitrogens with zero attached hydrogens (tertiary/aromatic N) is 2. The second-order valence-corrected chi connectivity index (χ2v) is 8.48. The SMILES string of the molecule is C=CCN(C)CCCCCCOc1ccc(N(C)C(=S)NC(C)c2ccc(F)cc2)cc1. The maximum atomic E-state index is 13.1. The van der Waals surface area contributed by atoms with Gasteiger partial charge in [0.15, 0.2) is 5.11 Å². The van der Waals surface area contributed by atoms with E-state index in [1.54, 1.807) is 12.1 Å². The summed E-state index contributed by atoms with van der Waals surface area (Å²) in [4.78, 5) is 4.20. The van der Waals surface area contributed by atoms with E-state index in [-0.39, 0.29) is 11.9 Å². The molecule has 0 saturated carbocycles. The normalized spacial score (nSPS) is 11.8. The van der Waals surface area contributed by atoms with Gasteiger partial charge >= 0.3 is 0 Å². The first-order chi connectivity index (χ1) is 15.4. The molecule has 0 bridgehead atoms. The number of likely N-dealkylation sites (N-methyl/N-ethyl adjacent to an activating group) is 1. The number of hydrogen-bond donors (Lipinski definition) is 1. The highest BCUT2D eigenvalue weighted by atomic mass is 32.1. The van der Waals surface area contributed by atoms with Crippen molar-refractivity contribution in [2.45, 2.75) is 38.6 Å². The quantitative estimate of drug-likeness (QED) is 0.228. The maximum Gasteiger partial charge on any atom is 0.173 e. The van der Waals surface area contributed by atoms with Crippen molar-refractivity contribution >= 4 is 23.0 Å². The molecule has 0 aromatic heterocycles. The summed E-state index contributed by atoms with van der Waals surface area (Å²) in [6.07, 6.45) is 6.60. The van der Waals surface area contributed by atoms with Gasteiger partial charge in [-0.2, -0.15) is 0 Å². The average molecular weight is 458 g/mol. The van der Waals surface area contributed by atoms with E-state index in [2.05, 4.69) is 23.8 Å². The van der Waals surface area contributed by atoms with Crippen molar-refractivity contribution in [1.29, 1.82) is 0 Å². The van der Waals surface area contributed by atoms with Crippen LogP contribution in [0.4, 0.5) is 10.1 Å². The molecule has 6 heteroatoms. The highest BCUT2D eigenvalue weighted by molar-refractivity contribution is 7.80. The Bertz CT molecular complexity index is 826. The summed E-state index contributed by atoms with van der Waals surface area (Å²) in [6, 6.07) is 14.4. The van der Waals surface area contributed by atoms with E-state index in [9.17, 15) is 4.39 Å². The van der Waals surface area contributed by atoms with E-state index in [1.165, 1.54) is 31.4 Å². The third-order valence-corrected chi connectivity index (χ3v) is 5.77. The lowest BCUT2D eigenvalue weighted by Crippen LogP contribution is -2.38. The first-order valence-corrected chi connectivity index (χ1v) is 11.6. The monoisotopic (exact) mass is 457 g/mol. The van der Waals surface area contributed by atoms with Crippen molar-refractivity contribution in [2.24, 2.45) is 0 Å². The first-order valence-electron chi connectivity index (χ1n) is 11.2. The van der Waals surface area contributed by atoms with Crippen LogP contribution < -0.4 is 15.0 Å². The zero-order valence-electron chi connectivity index (χ0n) is 19.5. The van der Waals surface area contributed by atoms with Gasteiger partial charge in [-0.05, 0) is 87.5 Å². The molecule has 174 valence electrons. The van der Waals surface area contributed by atoms with E-state index in [0.717, 1.165) is 43.1 Å². The lowest BCUT2D eigenvalue weighted by Gasteiger charge is -2.24. The molecule has 1 atom stereocenters. The van der Waals surface area contributed by atoms with E-state index in [4.69, 9.17) is 17.0 Å². The summed E-state index contributed by atoms with van der Waals surface area (Å²) < 4.78 is 19.0. The summed E-state index contributed by atoms with van der Waals surface area (Å²) >= 11 is 5.55. The van der Waals surface area contributed by atoms with Crippen LogP contribution in [-0.4, -0.2) is 43.8 Å². The number of benzene rings is 2. The molecule has 1 unspecified atom stereocenters. The molecule has 0 aliphatic carbocycles. The molecule has 32 heavy (non-hydrogen) atoms. The number of ether oxygens (including phenoxy) is 1. The largest absolute Gasteiger partial charge is 0.494 e. The number of thiocarbonyl (C=S) groups is 1. The van der Waals surface area contributed by atoms with E-state index in [0.29, 0.717) is 5.11 Å². The molecule has 0 heterocycles. The summed E-state index contributed by atoms with van der Waals surface area (Å²) in [5.41, 5.74) is 1.96. The Morgan fingerprint density at radius 2 is 1.72 bits per heavy atom. The van der Waals surface area contributed by atoms with Gasteiger partial charge in [-0.3, -0.25) is 0 Å². The van der Waals surface area contributed by atoms with Crippen LogP contribution in [0.1, 0.15) is 44.2 Å². The molecule has 0 amide bonds. The third-order valence-electron chi connectivity index (χ3n) is 5.38. The number of hydrogen-bond acceptors (Lipinski definition) is 3. The van der Waals surface area contributed by atoms with Gasteiger partial charge in [-0.1, -0.05) is 31.1 Å². The Morgan fingerprint density at radius 3 is 2.38 bits per heavy atom. The Morgan fingerprint density at radius 1 is 1.06 bits per heavy atom. The van der Waals surface area contributed by atoms with Crippen LogP contribution in [0, 0.1) is 5.82 Å². The Balaban J connectivity index is 1.70. The van der Waals surface area contributed by atoms with Gasteiger partial charge in [0, 0.05) is 19.3 Å². The van der Waals surface area contributed by atoms with Gasteiger partial charge in [0.25, 0.3) is 0 Å². The van der Waals surface area contributed by atoms with Crippen molar-refractivity contribution in [3.63, 3.8) is 0 Å². The van der Waals surface area contributed by atoms with E-state index in [1.807, 2.05) is 49.2 Å². The molecule has 0 aliphatic heterocycles. The summed E-state index contributed by atoms with van der Waals surface area (Å²) in [6.45, 7) is 8.56. The molecule has 1 N–H and O–H groups in total. The van der Waals surface area contributed by atoms with Crippen molar-refractivity contribution in [2.75, 3.05) is 38.7 Å². The summed E-state index contributed by atoms with van der Waals surface area (Å²) in [5.74, 6) is 0.626. The van der Waals surface area contributed by atoms with Gasteiger partial charge in [-0.15, -0.1) is 6.58 Å². The molecule has 0 fully saturated rings. The van der Waals surface area contributed by atoms with Gasteiger partial charge in [0.2, 0.25) is 0 Å². The molecule has 4 nitrogen and oxygen atoms in total.